The summed E-state index contributed by atoms with van der Waals surface area (Å²) in [4.78, 5) is 38.5. The van der Waals surface area contributed by atoms with Crippen molar-refractivity contribution >= 4 is 29.4 Å². The lowest BCUT2D eigenvalue weighted by atomic mass is 9.86. The number of amides is 1. The first kappa shape index (κ1) is 19.5. The Morgan fingerprint density at radius 1 is 1.22 bits per heavy atom. The van der Waals surface area contributed by atoms with E-state index in [9.17, 15) is 14.4 Å². The highest BCUT2D eigenvalue weighted by molar-refractivity contribution is 6.30. The fourth-order valence-electron chi connectivity index (χ4n) is 2.63. The lowest BCUT2D eigenvalue weighted by Gasteiger charge is -2.20. The van der Waals surface area contributed by atoms with Gasteiger partial charge >= 0.3 is 11.9 Å². The molecule has 7 heteroatoms. The minimum atomic E-state index is -1.31. The second kappa shape index (κ2) is 8.91. The van der Waals surface area contributed by atoms with Crippen molar-refractivity contribution in [1.82, 2.24) is 4.90 Å². The van der Waals surface area contributed by atoms with E-state index in [-0.39, 0.29) is 19.1 Å². The number of allylic oxidation sites excluding steroid dienone is 1. The SMILES string of the molecule is CCC/C(Cl)=C1/CN(C)C(=O)C1C(C(=O)OCC)C(=O)OCC. The van der Waals surface area contributed by atoms with Crippen LogP contribution in [0.3, 0.4) is 0 Å². The molecule has 0 spiro atoms. The van der Waals surface area contributed by atoms with Gasteiger partial charge in [-0.05, 0) is 25.8 Å². The Morgan fingerprint density at radius 3 is 2.17 bits per heavy atom. The van der Waals surface area contributed by atoms with Gasteiger partial charge in [-0.2, -0.15) is 0 Å². The van der Waals surface area contributed by atoms with E-state index in [0.29, 0.717) is 23.6 Å². The maximum atomic E-state index is 12.5. The molecule has 1 fully saturated rings. The van der Waals surface area contributed by atoms with E-state index in [1.54, 1.807) is 20.9 Å². The summed E-state index contributed by atoms with van der Waals surface area (Å²) in [6.45, 7) is 5.79. The number of rotatable bonds is 7. The third kappa shape index (κ3) is 4.47. The zero-order valence-corrected chi connectivity index (χ0v) is 14.8. The predicted octanol–water partition coefficient (Wildman–Crippen LogP) is 2.11. The van der Waals surface area contributed by atoms with Crippen molar-refractivity contribution in [3.63, 3.8) is 0 Å². The van der Waals surface area contributed by atoms with Gasteiger partial charge in [-0.25, -0.2) is 0 Å². The first-order valence-corrected chi connectivity index (χ1v) is 8.22. The van der Waals surface area contributed by atoms with Crippen LogP contribution >= 0.6 is 11.6 Å². The Labute approximate surface area is 141 Å². The number of carbonyl (C=O) groups is 3. The summed E-state index contributed by atoms with van der Waals surface area (Å²) >= 11 is 6.32. The van der Waals surface area contributed by atoms with Crippen LogP contribution in [-0.4, -0.2) is 49.6 Å². The maximum Gasteiger partial charge on any atom is 0.321 e. The molecule has 0 aromatic rings. The zero-order valence-electron chi connectivity index (χ0n) is 14.1. The summed E-state index contributed by atoms with van der Waals surface area (Å²) in [5.74, 6) is -4.08. The van der Waals surface area contributed by atoms with E-state index in [4.69, 9.17) is 21.1 Å². The molecule has 1 aliphatic rings. The molecule has 1 rings (SSSR count). The molecule has 6 nitrogen and oxygen atoms in total. The lowest BCUT2D eigenvalue weighted by molar-refractivity contribution is -0.165. The topological polar surface area (TPSA) is 72.9 Å². The number of ether oxygens (including phenoxy) is 2. The maximum absolute atomic E-state index is 12.5. The molecule has 0 bridgehead atoms. The molecule has 23 heavy (non-hydrogen) atoms. The van der Waals surface area contributed by atoms with Gasteiger partial charge in [0.15, 0.2) is 5.92 Å². The van der Waals surface area contributed by atoms with Gasteiger partial charge in [0.05, 0.1) is 19.1 Å². The van der Waals surface area contributed by atoms with Crippen LogP contribution in [0.15, 0.2) is 10.6 Å². The Hall–Kier alpha value is -1.56. The highest BCUT2D eigenvalue weighted by Crippen LogP contribution is 2.36. The van der Waals surface area contributed by atoms with Gasteiger partial charge in [-0.3, -0.25) is 14.4 Å². The summed E-state index contributed by atoms with van der Waals surface area (Å²) in [6.07, 6.45) is 1.39. The van der Waals surface area contributed by atoms with E-state index in [1.807, 2.05) is 6.92 Å². The molecular formula is C16H24ClNO5. The molecular weight excluding hydrogens is 322 g/mol. The summed E-state index contributed by atoms with van der Waals surface area (Å²) in [7, 11) is 1.62. The molecule has 0 aliphatic carbocycles. The largest absolute Gasteiger partial charge is 0.465 e. The molecule has 130 valence electrons. The summed E-state index contributed by atoms with van der Waals surface area (Å²) in [6, 6.07) is 0. The molecule has 1 unspecified atom stereocenters. The molecule has 1 amide bonds. The van der Waals surface area contributed by atoms with Gasteiger partial charge in [-0.1, -0.05) is 24.9 Å². The van der Waals surface area contributed by atoms with Crippen LogP contribution in [0.25, 0.3) is 0 Å². The van der Waals surface area contributed by atoms with E-state index < -0.39 is 23.8 Å². The van der Waals surface area contributed by atoms with Crippen LogP contribution in [0.2, 0.25) is 0 Å². The molecule has 1 atom stereocenters. The van der Waals surface area contributed by atoms with Crippen LogP contribution in [0, 0.1) is 11.8 Å². The van der Waals surface area contributed by atoms with Crippen molar-refractivity contribution in [3.05, 3.63) is 10.6 Å². The molecule has 1 aliphatic heterocycles. The number of nitrogens with zero attached hydrogens (tertiary/aromatic N) is 1. The van der Waals surface area contributed by atoms with Crippen molar-refractivity contribution < 1.29 is 23.9 Å². The number of hydrogen-bond acceptors (Lipinski definition) is 5. The average molecular weight is 346 g/mol. The van der Waals surface area contributed by atoms with Crippen LogP contribution in [0.1, 0.15) is 33.6 Å². The first-order valence-electron chi connectivity index (χ1n) is 7.84. The first-order chi connectivity index (χ1) is 10.9. The average Bonchev–Trinajstić information content (AvgIpc) is 2.77. The number of likely N-dealkylation sites (N-methyl/N-ethyl adjacent to an activating group) is 1. The van der Waals surface area contributed by atoms with E-state index in [2.05, 4.69) is 0 Å². The van der Waals surface area contributed by atoms with Crippen molar-refractivity contribution in [2.75, 3.05) is 26.8 Å². The summed E-state index contributed by atoms with van der Waals surface area (Å²) in [5.41, 5.74) is 0.604. The van der Waals surface area contributed by atoms with Crippen molar-refractivity contribution in [2.45, 2.75) is 33.6 Å². The van der Waals surface area contributed by atoms with Crippen LogP contribution in [0.4, 0.5) is 0 Å². The fourth-order valence-corrected chi connectivity index (χ4v) is 3.00. The molecule has 0 saturated carbocycles. The monoisotopic (exact) mass is 345 g/mol. The minimum Gasteiger partial charge on any atom is -0.465 e. The number of halogens is 1. The quantitative estimate of drug-likeness (QED) is 0.522. The van der Waals surface area contributed by atoms with Gasteiger partial charge < -0.3 is 14.4 Å². The Balaban J connectivity index is 3.28. The molecule has 0 N–H and O–H groups in total. The van der Waals surface area contributed by atoms with Gasteiger partial charge in [-0.15, -0.1) is 0 Å². The highest BCUT2D eigenvalue weighted by atomic mass is 35.5. The Bertz CT molecular complexity index is 485. The normalized spacial score (nSPS) is 20.0. The molecule has 0 aromatic carbocycles. The van der Waals surface area contributed by atoms with E-state index >= 15 is 0 Å². The minimum absolute atomic E-state index is 0.118. The number of hydrogen-bond donors (Lipinski definition) is 0. The number of likely N-dealkylation sites (tertiary alicyclic amines) is 1. The predicted molar refractivity (Wildman–Crippen MR) is 85.7 cm³/mol. The third-order valence-electron chi connectivity index (χ3n) is 3.66. The van der Waals surface area contributed by atoms with Gasteiger partial charge in [0.2, 0.25) is 5.91 Å². The highest BCUT2D eigenvalue weighted by Gasteiger charge is 2.49. The molecule has 1 saturated heterocycles. The van der Waals surface area contributed by atoms with E-state index in [1.165, 1.54) is 4.90 Å². The van der Waals surface area contributed by atoms with E-state index in [0.717, 1.165) is 6.42 Å². The Morgan fingerprint density at radius 2 is 1.74 bits per heavy atom. The van der Waals surface area contributed by atoms with Gasteiger partial charge in [0.1, 0.15) is 0 Å². The number of esters is 2. The second-order valence-corrected chi connectivity index (χ2v) is 5.79. The van der Waals surface area contributed by atoms with Crippen LogP contribution < -0.4 is 0 Å². The van der Waals surface area contributed by atoms with Crippen molar-refractivity contribution in [3.8, 4) is 0 Å². The summed E-state index contributed by atoms with van der Waals surface area (Å²) in [5, 5.41) is 0.522. The lowest BCUT2D eigenvalue weighted by Crippen LogP contribution is -2.39. The van der Waals surface area contributed by atoms with Gasteiger partial charge in [0.25, 0.3) is 0 Å². The fraction of sp³-hybridized carbons (Fsp3) is 0.688. The van der Waals surface area contributed by atoms with Crippen molar-refractivity contribution in [1.29, 1.82) is 0 Å². The van der Waals surface area contributed by atoms with Crippen LogP contribution in [-0.2, 0) is 23.9 Å². The van der Waals surface area contributed by atoms with Crippen LogP contribution in [0.5, 0.6) is 0 Å². The third-order valence-corrected chi connectivity index (χ3v) is 4.09. The molecule has 1 heterocycles. The standard InChI is InChI=1S/C16H24ClNO5/c1-5-8-11(17)10-9-18(4)14(19)12(10)13(15(20)22-6-2)16(21)23-7-3/h12-13H,5-9H2,1-4H3/b11-10+. The van der Waals surface area contributed by atoms with Crippen molar-refractivity contribution in [2.24, 2.45) is 11.8 Å². The van der Waals surface area contributed by atoms with Gasteiger partial charge in [0, 0.05) is 18.6 Å². The smallest absolute Gasteiger partial charge is 0.321 e. The number of carbonyl (C=O) groups excluding carboxylic acids is 3. The second-order valence-electron chi connectivity index (χ2n) is 5.33. The zero-order chi connectivity index (χ0) is 17.6. The molecule has 0 radical (unpaired) electrons. The Kier molecular flexibility index (Phi) is 7.55. The molecule has 0 aromatic heterocycles. The summed E-state index contributed by atoms with van der Waals surface area (Å²) < 4.78 is 9.96.